The van der Waals surface area contributed by atoms with Gasteiger partial charge in [0.15, 0.2) is 5.82 Å². The van der Waals surface area contributed by atoms with Crippen molar-refractivity contribution in [2.75, 3.05) is 0 Å². The van der Waals surface area contributed by atoms with Crippen LogP contribution in [0.15, 0.2) is 76.3 Å². The molecule has 0 aliphatic rings. The molecule has 0 bridgehead atoms. The Labute approximate surface area is 214 Å². The summed E-state index contributed by atoms with van der Waals surface area (Å²) in [5.74, 6) is 0.556. The maximum atomic E-state index is 13.5. The van der Waals surface area contributed by atoms with Crippen LogP contribution >= 0.6 is 27.5 Å². The van der Waals surface area contributed by atoms with Gasteiger partial charge in [0, 0.05) is 33.7 Å². The van der Waals surface area contributed by atoms with E-state index in [9.17, 15) is 4.79 Å². The Morgan fingerprint density at radius 3 is 2.63 bits per heavy atom. The van der Waals surface area contributed by atoms with Gasteiger partial charge in [0.25, 0.3) is 0 Å². The number of H-pyrrole nitrogens is 1. The summed E-state index contributed by atoms with van der Waals surface area (Å²) in [4.78, 5) is 18.0. The molecule has 5 rings (SSSR count). The van der Waals surface area contributed by atoms with Crippen LogP contribution in [-0.4, -0.2) is 34.7 Å². The van der Waals surface area contributed by atoms with Crippen molar-refractivity contribution in [1.82, 2.24) is 34.7 Å². The van der Waals surface area contributed by atoms with Crippen molar-refractivity contribution in [3.63, 3.8) is 0 Å². The molecule has 0 saturated carbocycles. The van der Waals surface area contributed by atoms with Crippen LogP contribution in [0.1, 0.15) is 24.6 Å². The van der Waals surface area contributed by atoms with Crippen molar-refractivity contribution in [3.8, 4) is 28.3 Å². The average molecular weight is 551 g/mol. The van der Waals surface area contributed by atoms with E-state index in [2.05, 4.69) is 48.5 Å². The van der Waals surface area contributed by atoms with Gasteiger partial charge in [-0.25, -0.2) is 9.89 Å². The molecule has 0 aliphatic carbocycles. The monoisotopic (exact) mass is 549 g/mol. The van der Waals surface area contributed by atoms with Gasteiger partial charge in [-0.05, 0) is 62.6 Å². The van der Waals surface area contributed by atoms with E-state index in [0.29, 0.717) is 23.1 Å². The molecule has 5 aromatic rings. The fraction of sp³-hybridized carbons (Fsp3) is 0.160. The number of imidazole rings is 1. The average Bonchev–Trinajstić information content (AvgIpc) is 3.50. The molecule has 0 atom stereocenters. The first kappa shape index (κ1) is 23.2. The SMILES string of the molecule is CCCc1cn(-c2c(Cl)cccc2Br)c(=O)n1Cc1ccc(-c2ncccc2-c2nnn[nH]2)cc1. The maximum Gasteiger partial charge on any atom is 0.333 e. The second kappa shape index (κ2) is 9.97. The van der Waals surface area contributed by atoms with Crippen molar-refractivity contribution in [2.45, 2.75) is 26.3 Å². The minimum absolute atomic E-state index is 0.129. The number of aromatic nitrogens is 7. The van der Waals surface area contributed by atoms with E-state index in [4.69, 9.17) is 11.6 Å². The lowest BCUT2D eigenvalue weighted by atomic mass is 10.0. The molecule has 8 nitrogen and oxygen atoms in total. The zero-order valence-corrected chi connectivity index (χ0v) is 21.2. The number of aryl methyl sites for hydroxylation is 1. The molecule has 0 aliphatic heterocycles. The highest BCUT2D eigenvalue weighted by Crippen LogP contribution is 2.29. The van der Waals surface area contributed by atoms with Gasteiger partial charge in [-0.15, -0.1) is 5.10 Å². The zero-order chi connectivity index (χ0) is 24.4. The van der Waals surface area contributed by atoms with Gasteiger partial charge in [0.05, 0.1) is 22.9 Å². The molecule has 2 aromatic carbocycles. The van der Waals surface area contributed by atoms with Crippen molar-refractivity contribution >= 4 is 27.5 Å². The van der Waals surface area contributed by atoms with Crippen molar-refractivity contribution in [1.29, 1.82) is 0 Å². The molecule has 0 saturated heterocycles. The second-order valence-corrected chi connectivity index (χ2v) is 9.29. The smallest absolute Gasteiger partial charge is 0.292 e. The number of halogens is 2. The number of pyridine rings is 1. The highest BCUT2D eigenvalue weighted by molar-refractivity contribution is 9.10. The first-order chi connectivity index (χ1) is 17.1. The molecule has 0 unspecified atom stereocenters. The van der Waals surface area contributed by atoms with Crippen molar-refractivity contribution < 1.29 is 0 Å². The van der Waals surface area contributed by atoms with Gasteiger partial charge < -0.3 is 0 Å². The summed E-state index contributed by atoms with van der Waals surface area (Å²) in [5, 5.41) is 14.6. The first-order valence-electron chi connectivity index (χ1n) is 11.1. The summed E-state index contributed by atoms with van der Waals surface area (Å²) in [6.45, 7) is 2.55. The topological polar surface area (TPSA) is 94.3 Å². The van der Waals surface area contributed by atoms with Crippen LogP contribution in [0.2, 0.25) is 5.02 Å². The van der Waals surface area contributed by atoms with Gasteiger partial charge in [-0.2, -0.15) is 0 Å². The molecule has 0 amide bonds. The fourth-order valence-corrected chi connectivity index (χ4v) is 5.02. The van der Waals surface area contributed by atoms with Crippen LogP contribution < -0.4 is 5.69 Å². The standard InChI is InChI=1S/C25H21BrClN7O/c1-2-5-18-15-34(23-20(26)7-3-8-21(23)27)25(35)33(18)14-16-9-11-17(12-10-16)22-19(6-4-13-28-22)24-29-31-32-30-24/h3-4,6-13,15H,2,5,14H2,1H3,(H,29,30,31,32). The van der Waals surface area contributed by atoms with E-state index < -0.39 is 0 Å². The molecule has 10 heteroatoms. The van der Waals surface area contributed by atoms with E-state index in [1.165, 1.54) is 0 Å². The molecule has 3 heterocycles. The molecule has 0 fully saturated rings. The molecule has 3 aromatic heterocycles. The molecular weight excluding hydrogens is 530 g/mol. The molecule has 0 radical (unpaired) electrons. The summed E-state index contributed by atoms with van der Waals surface area (Å²) in [6.07, 6.45) is 5.33. The van der Waals surface area contributed by atoms with E-state index in [1.807, 2.05) is 54.7 Å². The van der Waals surface area contributed by atoms with Crippen LogP contribution in [0.25, 0.3) is 28.3 Å². The van der Waals surface area contributed by atoms with Crippen LogP contribution in [0, 0.1) is 0 Å². The lowest BCUT2D eigenvalue weighted by molar-refractivity contribution is 0.691. The summed E-state index contributed by atoms with van der Waals surface area (Å²) >= 11 is 9.97. The summed E-state index contributed by atoms with van der Waals surface area (Å²) in [7, 11) is 0. The van der Waals surface area contributed by atoms with E-state index in [1.54, 1.807) is 21.4 Å². The van der Waals surface area contributed by atoms with Gasteiger partial charge in [0.1, 0.15) is 0 Å². The number of benzene rings is 2. The molecule has 0 spiro atoms. The lowest BCUT2D eigenvalue weighted by Crippen LogP contribution is -2.25. The number of nitrogens with one attached hydrogen (secondary N) is 1. The third kappa shape index (κ3) is 4.56. The molecular formula is C25H21BrClN7O. The summed E-state index contributed by atoms with van der Waals surface area (Å²) in [5.41, 5.74) is 5.00. The van der Waals surface area contributed by atoms with Crippen LogP contribution in [0.4, 0.5) is 0 Å². The Bertz CT molecular complexity index is 1500. The normalized spacial score (nSPS) is 11.2. The van der Waals surface area contributed by atoms with Crippen molar-refractivity contribution in [3.05, 3.63) is 98.2 Å². The number of hydrogen-bond donors (Lipinski definition) is 1. The predicted molar refractivity (Wildman–Crippen MR) is 139 cm³/mol. The number of hydrogen-bond acceptors (Lipinski definition) is 5. The molecule has 1 N–H and O–H groups in total. The van der Waals surface area contributed by atoms with Crippen LogP contribution in [-0.2, 0) is 13.0 Å². The second-order valence-electron chi connectivity index (χ2n) is 8.03. The quantitative estimate of drug-likeness (QED) is 0.297. The van der Waals surface area contributed by atoms with E-state index in [0.717, 1.165) is 45.4 Å². The number of tetrazole rings is 1. The Morgan fingerprint density at radius 1 is 1.09 bits per heavy atom. The third-order valence-electron chi connectivity index (χ3n) is 5.72. The predicted octanol–water partition coefficient (Wildman–Crippen LogP) is 5.30. The summed E-state index contributed by atoms with van der Waals surface area (Å²) in [6, 6.07) is 17.3. The number of rotatable bonds is 7. The van der Waals surface area contributed by atoms with E-state index in [-0.39, 0.29) is 5.69 Å². The first-order valence-corrected chi connectivity index (χ1v) is 12.3. The minimum Gasteiger partial charge on any atom is -0.292 e. The van der Waals surface area contributed by atoms with Gasteiger partial charge >= 0.3 is 5.69 Å². The highest BCUT2D eigenvalue weighted by atomic mass is 79.9. The largest absolute Gasteiger partial charge is 0.333 e. The van der Waals surface area contributed by atoms with Crippen molar-refractivity contribution in [2.24, 2.45) is 0 Å². The Morgan fingerprint density at radius 2 is 1.91 bits per heavy atom. The fourth-order valence-electron chi connectivity index (χ4n) is 4.08. The number of nitrogens with zero attached hydrogens (tertiary/aromatic N) is 6. The van der Waals surface area contributed by atoms with Crippen LogP contribution in [0.3, 0.4) is 0 Å². The maximum absolute atomic E-state index is 13.5. The molecule has 176 valence electrons. The van der Waals surface area contributed by atoms with Gasteiger partial charge in [0.2, 0.25) is 0 Å². The molecule has 35 heavy (non-hydrogen) atoms. The highest BCUT2D eigenvalue weighted by Gasteiger charge is 2.17. The Kier molecular flexibility index (Phi) is 6.61. The Hall–Kier alpha value is -3.56. The van der Waals surface area contributed by atoms with Gasteiger partial charge in [-0.3, -0.25) is 14.1 Å². The van der Waals surface area contributed by atoms with Crippen LogP contribution in [0.5, 0.6) is 0 Å². The lowest BCUT2D eigenvalue weighted by Gasteiger charge is -2.09. The Balaban J connectivity index is 1.49. The number of para-hydroxylation sites is 1. The minimum atomic E-state index is -0.129. The van der Waals surface area contributed by atoms with E-state index >= 15 is 0 Å². The zero-order valence-electron chi connectivity index (χ0n) is 18.8. The van der Waals surface area contributed by atoms with Gasteiger partial charge in [-0.1, -0.05) is 55.3 Å². The third-order valence-corrected chi connectivity index (χ3v) is 6.67. The number of aromatic amines is 1. The summed E-state index contributed by atoms with van der Waals surface area (Å²) < 4.78 is 4.20.